The standard InChI is InChI=1S/C27H29F3N4O2/c28-27(29,30)25-17-22(19-7-3-1-4-8-19)32-26-21(18-31-34(25)26)24(35)12-11-23(20-9-5-2-6-10-20)33-13-15-36-16-14-33/h1-10,18,22-23,25,32H,11-17H2/t22-,23?,25+/m1/s1. The van der Waals surface area contributed by atoms with Gasteiger partial charge in [0.2, 0.25) is 0 Å². The van der Waals surface area contributed by atoms with Gasteiger partial charge in [-0.1, -0.05) is 60.7 Å². The minimum Gasteiger partial charge on any atom is -0.379 e. The summed E-state index contributed by atoms with van der Waals surface area (Å²) in [4.78, 5) is 15.7. The van der Waals surface area contributed by atoms with Gasteiger partial charge in [0.1, 0.15) is 5.82 Å². The molecule has 3 heterocycles. The van der Waals surface area contributed by atoms with Gasteiger partial charge in [-0.2, -0.15) is 18.3 Å². The molecule has 0 spiro atoms. The minimum atomic E-state index is -4.48. The molecule has 0 amide bonds. The minimum absolute atomic E-state index is 0.0263. The monoisotopic (exact) mass is 498 g/mol. The largest absolute Gasteiger partial charge is 0.410 e. The Morgan fingerprint density at radius 1 is 1.06 bits per heavy atom. The van der Waals surface area contributed by atoms with E-state index in [1.54, 1.807) is 24.3 Å². The van der Waals surface area contributed by atoms with Crippen LogP contribution in [0.25, 0.3) is 0 Å². The molecule has 2 aliphatic rings. The SMILES string of the molecule is O=C(CCC(c1ccccc1)N1CCOCC1)c1cnn2c1N[C@@H](c1ccccc1)C[C@H]2C(F)(F)F. The van der Waals surface area contributed by atoms with Gasteiger partial charge in [0.25, 0.3) is 0 Å². The van der Waals surface area contributed by atoms with E-state index in [9.17, 15) is 18.0 Å². The molecule has 3 atom stereocenters. The van der Waals surface area contributed by atoms with Crippen molar-refractivity contribution in [1.82, 2.24) is 14.7 Å². The summed E-state index contributed by atoms with van der Waals surface area (Å²) in [5, 5.41) is 7.20. The third-order valence-corrected chi connectivity index (χ3v) is 7.06. The van der Waals surface area contributed by atoms with Gasteiger partial charge in [0.05, 0.1) is 31.0 Å². The fraction of sp³-hybridized carbons (Fsp3) is 0.407. The summed E-state index contributed by atoms with van der Waals surface area (Å²) in [6.45, 7) is 2.81. The number of nitrogens with one attached hydrogen (secondary N) is 1. The number of carbonyl (C=O) groups is 1. The summed E-state index contributed by atoms with van der Waals surface area (Å²) >= 11 is 0. The fourth-order valence-electron chi connectivity index (χ4n) is 5.20. The van der Waals surface area contributed by atoms with Crippen LogP contribution in [-0.2, 0) is 4.74 Å². The molecule has 0 radical (unpaired) electrons. The lowest BCUT2D eigenvalue weighted by molar-refractivity contribution is -0.173. The van der Waals surface area contributed by atoms with Gasteiger partial charge in [-0.15, -0.1) is 0 Å². The number of Topliss-reactive ketones (excluding diaryl/α,β-unsaturated/α-hetero) is 1. The van der Waals surface area contributed by atoms with E-state index in [2.05, 4.69) is 15.3 Å². The number of anilines is 1. The lowest BCUT2D eigenvalue weighted by Crippen LogP contribution is -2.39. The molecule has 6 nitrogen and oxygen atoms in total. The predicted molar refractivity (Wildman–Crippen MR) is 130 cm³/mol. The summed E-state index contributed by atoms with van der Waals surface area (Å²) in [6.07, 6.45) is -2.64. The Morgan fingerprint density at radius 3 is 2.39 bits per heavy atom. The van der Waals surface area contributed by atoms with Crippen LogP contribution < -0.4 is 5.32 Å². The molecule has 1 unspecified atom stereocenters. The summed E-state index contributed by atoms with van der Waals surface area (Å²) in [6, 6.07) is 16.7. The average Bonchev–Trinajstić information content (AvgIpc) is 3.33. The number of benzene rings is 2. The van der Waals surface area contributed by atoms with Crippen molar-refractivity contribution in [3.05, 3.63) is 83.6 Å². The van der Waals surface area contributed by atoms with Crippen LogP contribution in [-0.4, -0.2) is 52.9 Å². The highest BCUT2D eigenvalue weighted by Crippen LogP contribution is 2.44. The van der Waals surface area contributed by atoms with Crippen LogP contribution in [0.4, 0.5) is 19.0 Å². The van der Waals surface area contributed by atoms with Crippen LogP contribution >= 0.6 is 0 Å². The molecule has 0 aliphatic carbocycles. The third kappa shape index (κ3) is 5.17. The Hall–Kier alpha value is -3.17. The average molecular weight is 499 g/mol. The molecule has 190 valence electrons. The third-order valence-electron chi connectivity index (χ3n) is 7.06. The Bertz CT molecular complexity index is 1160. The molecule has 36 heavy (non-hydrogen) atoms. The van der Waals surface area contributed by atoms with Crippen molar-refractivity contribution < 1.29 is 22.7 Å². The van der Waals surface area contributed by atoms with Gasteiger partial charge in [-0.25, -0.2) is 4.68 Å². The molecular weight excluding hydrogens is 469 g/mol. The van der Waals surface area contributed by atoms with Crippen LogP contribution in [0.3, 0.4) is 0 Å². The van der Waals surface area contributed by atoms with E-state index in [0.717, 1.165) is 28.9 Å². The summed E-state index contributed by atoms with van der Waals surface area (Å²) < 4.78 is 48.4. The zero-order chi connectivity index (χ0) is 25.1. The zero-order valence-corrected chi connectivity index (χ0v) is 19.8. The van der Waals surface area contributed by atoms with E-state index in [1.807, 2.05) is 36.4 Å². The van der Waals surface area contributed by atoms with Gasteiger partial charge >= 0.3 is 6.18 Å². The van der Waals surface area contributed by atoms with E-state index >= 15 is 0 Å². The number of hydrogen-bond donors (Lipinski definition) is 1. The molecule has 1 saturated heterocycles. The first kappa shape index (κ1) is 24.5. The number of halogens is 3. The molecule has 3 aromatic rings. The van der Waals surface area contributed by atoms with Crippen molar-refractivity contribution in [2.45, 2.75) is 43.6 Å². The van der Waals surface area contributed by atoms with Crippen molar-refractivity contribution in [3.8, 4) is 0 Å². The maximum Gasteiger partial charge on any atom is 0.410 e. The second kappa shape index (κ2) is 10.4. The van der Waals surface area contributed by atoms with Gasteiger partial charge in [-0.05, 0) is 17.5 Å². The first-order chi connectivity index (χ1) is 17.4. The number of morpholine rings is 1. The van der Waals surface area contributed by atoms with E-state index in [0.29, 0.717) is 19.6 Å². The molecule has 0 bridgehead atoms. The normalized spacial score (nSPS) is 21.4. The van der Waals surface area contributed by atoms with Gasteiger partial charge in [-0.3, -0.25) is 9.69 Å². The maximum atomic E-state index is 14.0. The molecule has 5 rings (SSSR count). The van der Waals surface area contributed by atoms with Crippen molar-refractivity contribution in [2.24, 2.45) is 0 Å². The van der Waals surface area contributed by atoms with Gasteiger partial charge in [0.15, 0.2) is 11.8 Å². The van der Waals surface area contributed by atoms with Crippen LogP contribution in [0.2, 0.25) is 0 Å². The predicted octanol–water partition coefficient (Wildman–Crippen LogP) is 5.58. The first-order valence-electron chi connectivity index (χ1n) is 12.3. The van der Waals surface area contributed by atoms with E-state index in [4.69, 9.17) is 4.74 Å². The molecule has 2 aromatic carbocycles. The second-order valence-electron chi connectivity index (χ2n) is 9.29. The molecular formula is C27H29F3N4O2. The number of ether oxygens (including phenoxy) is 1. The van der Waals surface area contributed by atoms with Gasteiger partial charge < -0.3 is 10.1 Å². The summed E-state index contributed by atoms with van der Waals surface area (Å²) in [5.41, 5.74) is 2.07. The lowest BCUT2D eigenvalue weighted by Gasteiger charge is -2.35. The number of ketones is 1. The summed E-state index contributed by atoms with van der Waals surface area (Å²) in [5.74, 6) is -0.0716. The number of aromatic nitrogens is 2. The number of alkyl halides is 3. The number of rotatable bonds is 7. The Morgan fingerprint density at radius 2 is 1.72 bits per heavy atom. The van der Waals surface area contributed by atoms with E-state index in [-0.39, 0.29) is 36.0 Å². The van der Waals surface area contributed by atoms with Crippen molar-refractivity contribution >= 4 is 11.6 Å². The van der Waals surface area contributed by atoms with Crippen LogP contribution in [0.5, 0.6) is 0 Å². The van der Waals surface area contributed by atoms with Gasteiger partial charge in [0, 0.05) is 32.0 Å². The Kier molecular flexibility index (Phi) is 7.11. The fourth-order valence-corrected chi connectivity index (χ4v) is 5.20. The van der Waals surface area contributed by atoms with Crippen LogP contribution in [0.1, 0.15) is 58.9 Å². The smallest absolute Gasteiger partial charge is 0.379 e. The topological polar surface area (TPSA) is 59.4 Å². The van der Waals surface area contributed by atoms with E-state index < -0.39 is 18.3 Å². The molecule has 1 fully saturated rings. The number of carbonyl (C=O) groups excluding carboxylic acids is 1. The Balaban J connectivity index is 1.38. The van der Waals surface area contributed by atoms with Crippen molar-refractivity contribution in [2.75, 3.05) is 31.6 Å². The quantitative estimate of drug-likeness (QED) is 0.431. The number of fused-ring (bicyclic) bond motifs is 1. The molecule has 1 aromatic heterocycles. The highest BCUT2D eigenvalue weighted by molar-refractivity contribution is 6.00. The molecule has 2 aliphatic heterocycles. The first-order valence-corrected chi connectivity index (χ1v) is 12.3. The highest BCUT2D eigenvalue weighted by atomic mass is 19.4. The highest BCUT2D eigenvalue weighted by Gasteiger charge is 2.47. The Labute approximate surface area is 208 Å². The van der Waals surface area contributed by atoms with E-state index in [1.165, 1.54) is 6.20 Å². The van der Waals surface area contributed by atoms with Crippen molar-refractivity contribution in [3.63, 3.8) is 0 Å². The van der Waals surface area contributed by atoms with Crippen LogP contribution in [0.15, 0.2) is 66.9 Å². The zero-order valence-electron chi connectivity index (χ0n) is 19.8. The van der Waals surface area contributed by atoms with Crippen LogP contribution in [0, 0.1) is 0 Å². The summed E-state index contributed by atoms with van der Waals surface area (Å²) in [7, 11) is 0. The number of nitrogens with zero attached hydrogens (tertiary/aromatic N) is 3. The van der Waals surface area contributed by atoms with Crippen molar-refractivity contribution in [1.29, 1.82) is 0 Å². The maximum absolute atomic E-state index is 14.0. The molecule has 9 heteroatoms. The second-order valence-corrected chi connectivity index (χ2v) is 9.29. The lowest BCUT2D eigenvalue weighted by atomic mass is 9.95. The molecule has 0 saturated carbocycles. The number of hydrogen-bond acceptors (Lipinski definition) is 5. The molecule has 1 N–H and O–H groups in total.